The fraction of sp³-hybridized carbons (Fsp3) is 0.308. The van der Waals surface area contributed by atoms with Crippen LogP contribution in [0.4, 0.5) is 0 Å². The summed E-state index contributed by atoms with van der Waals surface area (Å²) in [4.78, 5) is 1.18. The van der Waals surface area contributed by atoms with Crippen LogP contribution in [0.3, 0.4) is 0 Å². The Morgan fingerprint density at radius 3 is 2.61 bits per heavy atom. The van der Waals surface area contributed by atoms with E-state index in [1.54, 1.807) is 11.8 Å². The molecule has 1 aromatic carbocycles. The van der Waals surface area contributed by atoms with Gasteiger partial charge in [0.2, 0.25) is 0 Å². The van der Waals surface area contributed by atoms with E-state index in [2.05, 4.69) is 45.3 Å². The highest BCUT2D eigenvalue weighted by molar-refractivity contribution is 9.10. The van der Waals surface area contributed by atoms with Crippen molar-refractivity contribution in [1.82, 2.24) is 9.78 Å². The number of hydrogen-bond donors (Lipinski definition) is 1. The first-order valence-electron chi connectivity index (χ1n) is 5.71. The Bertz CT molecular complexity index is 563. The molecule has 2 aromatic rings. The Balaban J connectivity index is 2.25. The lowest BCUT2D eigenvalue weighted by molar-refractivity contribution is 0.692. The molecule has 0 saturated carbocycles. The zero-order valence-electron chi connectivity index (χ0n) is 10.6. The van der Waals surface area contributed by atoms with E-state index in [1.807, 2.05) is 25.6 Å². The second-order valence-corrected chi connectivity index (χ2v) is 6.27. The maximum absolute atomic E-state index is 5.89. The Labute approximate surface area is 120 Å². The van der Waals surface area contributed by atoms with Crippen LogP contribution < -0.4 is 5.73 Å². The average molecular weight is 326 g/mol. The molecule has 0 aliphatic rings. The summed E-state index contributed by atoms with van der Waals surface area (Å²) in [5, 5.41) is 5.47. The van der Waals surface area contributed by atoms with Crippen molar-refractivity contribution >= 4 is 27.7 Å². The number of aryl methyl sites for hydroxylation is 2. The zero-order valence-corrected chi connectivity index (χ0v) is 13.0. The van der Waals surface area contributed by atoms with Gasteiger partial charge < -0.3 is 5.73 Å². The number of halogens is 1. The van der Waals surface area contributed by atoms with Gasteiger partial charge >= 0.3 is 0 Å². The summed E-state index contributed by atoms with van der Waals surface area (Å²) in [5.41, 5.74) is 8.05. The fourth-order valence-corrected chi connectivity index (χ4v) is 3.59. The maximum Gasteiger partial charge on any atom is 0.0986 e. The smallest absolute Gasteiger partial charge is 0.0986 e. The molecule has 5 heteroatoms. The monoisotopic (exact) mass is 325 g/mol. The van der Waals surface area contributed by atoms with Gasteiger partial charge in [-0.15, -0.1) is 0 Å². The molecule has 0 amide bonds. The lowest BCUT2D eigenvalue weighted by Crippen LogP contribution is -2.05. The molecule has 1 heterocycles. The van der Waals surface area contributed by atoms with Gasteiger partial charge in [-0.25, -0.2) is 0 Å². The topological polar surface area (TPSA) is 43.8 Å². The molecule has 2 rings (SSSR count). The third kappa shape index (κ3) is 2.96. The first-order chi connectivity index (χ1) is 8.47. The molecule has 0 saturated heterocycles. The molecule has 0 aliphatic heterocycles. The highest BCUT2D eigenvalue weighted by atomic mass is 79.9. The van der Waals surface area contributed by atoms with Crippen LogP contribution in [0.15, 0.2) is 38.7 Å². The van der Waals surface area contributed by atoms with Gasteiger partial charge in [0.05, 0.1) is 10.7 Å². The van der Waals surface area contributed by atoms with Crippen LogP contribution in [0.5, 0.6) is 0 Å². The van der Waals surface area contributed by atoms with Crippen LogP contribution >= 0.6 is 27.7 Å². The van der Waals surface area contributed by atoms with E-state index in [-0.39, 0.29) is 6.04 Å². The predicted molar refractivity (Wildman–Crippen MR) is 78.8 cm³/mol. The highest BCUT2D eigenvalue weighted by Gasteiger charge is 2.08. The normalized spacial score (nSPS) is 12.7. The molecule has 18 heavy (non-hydrogen) atoms. The molecule has 0 aliphatic carbocycles. The summed E-state index contributed by atoms with van der Waals surface area (Å²) in [6.07, 6.45) is 0. The number of benzene rings is 1. The summed E-state index contributed by atoms with van der Waals surface area (Å²) >= 11 is 5.27. The molecule has 0 spiro atoms. The number of hydrogen-bond acceptors (Lipinski definition) is 3. The van der Waals surface area contributed by atoms with Crippen molar-refractivity contribution < 1.29 is 0 Å². The molecule has 2 N–H and O–H groups in total. The Morgan fingerprint density at radius 2 is 2.11 bits per heavy atom. The molecule has 1 atom stereocenters. The Kier molecular flexibility index (Phi) is 4.14. The van der Waals surface area contributed by atoms with Gasteiger partial charge in [0, 0.05) is 22.5 Å². The third-order valence-corrected chi connectivity index (χ3v) is 4.41. The van der Waals surface area contributed by atoms with Gasteiger partial charge in [-0.05, 0) is 37.6 Å². The van der Waals surface area contributed by atoms with Crippen LogP contribution in [-0.4, -0.2) is 9.78 Å². The van der Waals surface area contributed by atoms with E-state index in [9.17, 15) is 0 Å². The van der Waals surface area contributed by atoms with Gasteiger partial charge in [-0.1, -0.05) is 33.8 Å². The quantitative estimate of drug-likeness (QED) is 0.936. The van der Waals surface area contributed by atoms with Crippen LogP contribution in [-0.2, 0) is 7.05 Å². The van der Waals surface area contributed by atoms with Gasteiger partial charge in [0.15, 0.2) is 0 Å². The van der Waals surface area contributed by atoms with Crippen molar-refractivity contribution in [2.45, 2.75) is 29.8 Å². The maximum atomic E-state index is 5.89. The fourth-order valence-electron chi connectivity index (χ4n) is 1.74. The summed E-state index contributed by atoms with van der Waals surface area (Å²) < 4.78 is 2.95. The van der Waals surface area contributed by atoms with Crippen molar-refractivity contribution in [2.24, 2.45) is 12.8 Å². The Hall–Kier alpha value is -0.780. The summed E-state index contributed by atoms with van der Waals surface area (Å²) in [7, 11) is 1.96. The molecule has 0 unspecified atom stereocenters. The SMILES string of the molecule is Cc1cc(Sc2ccc([C@@H](C)N)c(Br)c2)n(C)n1. The van der Waals surface area contributed by atoms with Gasteiger partial charge in [0.25, 0.3) is 0 Å². The van der Waals surface area contributed by atoms with E-state index >= 15 is 0 Å². The number of nitrogens with zero attached hydrogens (tertiary/aromatic N) is 2. The standard InChI is InChI=1S/C13H16BrN3S/c1-8-6-13(17(3)16-8)18-10-4-5-11(9(2)15)12(14)7-10/h4-7,9H,15H2,1-3H3/t9-/m1/s1. The lowest BCUT2D eigenvalue weighted by atomic mass is 10.1. The Morgan fingerprint density at radius 1 is 1.39 bits per heavy atom. The van der Waals surface area contributed by atoms with Crippen LogP contribution in [0.25, 0.3) is 0 Å². The van der Waals surface area contributed by atoms with Crippen LogP contribution in [0.2, 0.25) is 0 Å². The van der Waals surface area contributed by atoms with E-state index in [1.165, 1.54) is 4.90 Å². The summed E-state index contributed by atoms with van der Waals surface area (Å²) in [6.45, 7) is 3.98. The summed E-state index contributed by atoms with van der Waals surface area (Å²) in [6, 6.07) is 8.39. The van der Waals surface area contributed by atoms with Gasteiger partial charge in [0.1, 0.15) is 0 Å². The first kappa shape index (κ1) is 13.6. The first-order valence-corrected chi connectivity index (χ1v) is 7.32. The minimum absolute atomic E-state index is 0.0392. The molecule has 0 radical (unpaired) electrons. The van der Waals surface area contributed by atoms with Gasteiger partial charge in [-0.2, -0.15) is 5.10 Å². The molecule has 0 bridgehead atoms. The minimum atomic E-state index is 0.0392. The molecule has 96 valence electrons. The van der Waals surface area contributed by atoms with Crippen molar-refractivity contribution in [1.29, 1.82) is 0 Å². The van der Waals surface area contributed by atoms with Crippen molar-refractivity contribution in [3.8, 4) is 0 Å². The van der Waals surface area contributed by atoms with E-state index in [0.717, 1.165) is 20.8 Å². The molecular weight excluding hydrogens is 310 g/mol. The van der Waals surface area contributed by atoms with E-state index < -0.39 is 0 Å². The van der Waals surface area contributed by atoms with Crippen LogP contribution in [0.1, 0.15) is 24.2 Å². The number of aromatic nitrogens is 2. The van der Waals surface area contributed by atoms with Crippen molar-refractivity contribution in [2.75, 3.05) is 0 Å². The zero-order chi connectivity index (χ0) is 13.3. The third-order valence-electron chi connectivity index (χ3n) is 2.64. The van der Waals surface area contributed by atoms with E-state index in [4.69, 9.17) is 5.73 Å². The number of rotatable bonds is 3. The highest BCUT2D eigenvalue weighted by Crippen LogP contribution is 2.32. The van der Waals surface area contributed by atoms with Crippen molar-refractivity contribution in [3.05, 3.63) is 40.0 Å². The lowest BCUT2D eigenvalue weighted by Gasteiger charge is -2.10. The molecule has 0 fully saturated rings. The minimum Gasteiger partial charge on any atom is -0.324 e. The number of nitrogens with two attached hydrogens (primary N) is 1. The molecular formula is C13H16BrN3S. The van der Waals surface area contributed by atoms with Gasteiger partial charge in [-0.3, -0.25) is 4.68 Å². The average Bonchev–Trinajstić information content (AvgIpc) is 2.57. The summed E-state index contributed by atoms with van der Waals surface area (Å²) in [5.74, 6) is 0. The van der Waals surface area contributed by atoms with Crippen LogP contribution in [0, 0.1) is 6.92 Å². The largest absolute Gasteiger partial charge is 0.324 e. The second kappa shape index (κ2) is 5.47. The van der Waals surface area contributed by atoms with Crippen molar-refractivity contribution in [3.63, 3.8) is 0 Å². The molecule has 1 aromatic heterocycles. The predicted octanol–water partition coefficient (Wildman–Crippen LogP) is 3.66. The second-order valence-electron chi connectivity index (χ2n) is 4.32. The van der Waals surface area contributed by atoms with E-state index in [0.29, 0.717) is 0 Å². The molecule has 3 nitrogen and oxygen atoms in total.